The van der Waals surface area contributed by atoms with E-state index in [1.807, 2.05) is 0 Å². The van der Waals surface area contributed by atoms with Gasteiger partial charge in [-0.3, -0.25) is 0 Å². The third kappa shape index (κ3) is 1.33. The molecule has 0 aliphatic carbocycles. The van der Waals surface area contributed by atoms with Crippen molar-refractivity contribution in [1.29, 1.82) is 0 Å². The standard InChI is InChI=1S/C9H9ClFNO/c10-7-3-1-2-6(8(7)11)9(13)4-12-5-9/h1-3,12-13H,4-5H2. The summed E-state index contributed by atoms with van der Waals surface area (Å²) in [4.78, 5) is 0. The molecule has 1 aromatic carbocycles. The Balaban J connectivity index is 2.45. The second-order valence-corrected chi connectivity index (χ2v) is 3.64. The topological polar surface area (TPSA) is 32.3 Å². The lowest BCUT2D eigenvalue weighted by atomic mass is 9.88. The molecule has 1 aliphatic heterocycles. The van der Waals surface area contributed by atoms with Crippen LogP contribution in [0.1, 0.15) is 5.56 Å². The molecule has 0 amide bonds. The molecule has 4 heteroatoms. The zero-order chi connectivity index (χ0) is 9.47. The molecule has 1 aromatic rings. The Labute approximate surface area is 80.3 Å². The van der Waals surface area contributed by atoms with Crippen LogP contribution in [-0.4, -0.2) is 18.2 Å². The third-order valence-electron chi connectivity index (χ3n) is 2.29. The predicted octanol–water partition coefficient (Wildman–Crippen LogP) is 1.27. The molecule has 13 heavy (non-hydrogen) atoms. The van der Waals surface area contributed by atoms with Crippen molar-refractivity contribution in [2.24, 2.45) is 0 Å². The summed E-state index contributed by atoms with van der Waals surface area (Å²) in [6.45, 7) is 0.758. The van der Waals surface area contributed by atoms with Gasteiger partial charge in [0, 0.05) is 18.7 Å². The van der Waals surface area contributed by atoms with Crippen LogP contribution in [0.3, 0.4) is 0 Å². The zero-order valence-corrected chi connectivity index (χ0v) is 7.61. The van der Waals surface area contributed by atoms with Gasteiger partial charge in [0.05, 0.1) is 5.02 Å². The van der Waals surface area contributed by atoms with Crippen molar-refractivity contribution in [3.63, 3.8) is 0 Å². The molecule has 0 saturated carbocycles. The van der Waals surface area contributed by atoms with Gasteiger partial charge in [-0.2, -0.15) is 0 Å². The van der Waals surface area contributed by atoms with Crippen LogP contribution in [0.5, 0.6) is 0 Å². The SMILES string of the molecule is OC1(c2cccc(Cl)c2F)CNC1. The summed E-state index contributed by atoms with van der Waals surface area (Å²) in [5.74, 6) is -0.520. The van der Waals surface area contributed by atoms with E-state index in [9.17, 15) is 9.50 Å². The van der Waals surface area contributed by atoms with Crippen molar-refractivity contribution < 1.29 is 9.50 Å². The van der Waals surface area contributed by atoms with E-state index in [0.29, 0.717) is 13.1 Å². The monoisotopic (exact) mass is 201 g/mol. The highest BCUT2D eigenvalue weighted by Gasteiger charge is 2.38. The summed E-state index contributed by atoms with van der Waals surface area (Å²) in [5, 5.41) is 12.8. The molecule has 1 fully saturated rings. The first-order valence-electron chi connectivity index (χ1n) is 4.01. The maximum absolute atomic E-state index is 13.4. The van der Waals surface area contributed by atoms with Crippen LogP contribution in [0.25, 0.3) is 0 Å². The van der Waals surface area contributed by atoms with Crippen molar-refractivity contribution in [2.75, 3.05) is 13.1 Å². The summed E-state index contributed by atoms with van der Waals surface area (Å²) in [5.41, 5.74) is -0.798. The van der Waals surface area contributed by atoms with E-state index in [0.717, 1.165) is 0 Å². The maximum atomic E-state index is 13.4. The average Bonchev–Trinajstić information content (AvgIpc) is 2.06. The van der Waals surface area contributed by atoms with Crippen molar-refractivity contribution >= 4 is 11.6 Å². The summed E-state index contributed by atoms with van der Waals surface area (Å²) < 4.78 is 13.4. The van der Waals surface area contributed by atoms with Gasteiger partial charge in [0.2, 0.25) is 0 Å². The second kappa shape index (κ2) is 2.94. The number of hydrogen-bond donors (Lipinski definition) is 2. The van der Waals surface area contributed by atoms with E-state index >= 15 is 0 Å². The smallest absolute Gasteiger partial charge is 0.147 e. The minimum absolute atomic E-state index is 0.0535. The molecular weight excluding hydrogens is 193 g/mol. The van der Waals surface area contributed by atoms with Crippen LogP contribution >= 0.6 is 11.6 Å². The van der Waals surface area contributed by atoms with Crippen LogP contribution in [0.4, 0.5) is 4.39 Å². The number of benzene rings is 1. The van der Waals surface area contributed by atoms with Gasteiger partial charge in [-0.15, -0.1) is 0 Å². The highest BCUT2D eigenvalue weighted by Crippen LogP contribution is 2.30. The normalized spacial score (nSPS) is 19.6. The second-order valence-electron chi connectivity index (χ2n) is 3.24. The molecule has 1 heterocycles. The summed E-state index contributed by atoms with van der Waals surface area (Å²) in [7, 11) is 0. The van der Waals surface area contributed by atoms with Gasteiger partial charge in [0.1, 0.15) is 11.4 Å². The fourth-order valence-corrected chi connectivity index (χ4v) is 1.59. The first-order valence-corrected chi connectivity index (χ1v) is 4.39. The molecular formula is C9H9ClFNO. The van der Waals surface area contributed by atoms with Gasteiger partial charge in [-0.1, -0.05) is 23.7 Å². The van der Waals surface area contributed by atoms with Crippen LogP contribution in [0.2, 0.25) is 5.02 Å². The molecule has 0 atom stereocenters. The number of halogens is 2. The molecule has 0 unspecified atom stereocenters. The first kappa shape index (κ1) is 8.94. The molecule has 70 valence electrons. The van der Waals surface area contributed by atoms with Crippen molar-refractivity contribution in [1.82, 2.24) is 5.32 Å². The number of aliphatic hydroxyl groups is 1. The molecule has 2 rings (SSSR count). The average molecular weight is 202 g/mol. The van der Waals surface area contributed by atoms with Crippen LogP contribution < -0.4 is 5.32 Å². The molecule has 0 aromatic heterocycles. The van der Waals surface area contributed by atoms with E-state index in [1.54, 1.807) is 12.1 Å². The summed E-state index contributed by atoms with van der Waals surface area (Å²) >= 11 is 5.59. The predicted molar refractivity (Wildman–Crippen MR) is 48.2 cm³/mol. The highest BCUT2D eigenvalue weighted by atomic mass is 35.5. The number of β-amino-alcohol motifs (C(OH)–C–C–N with tert-alkyl or cyclic N) is 1. The van der Waals surface area contributed by atoms with Gasteiger partial charge >= 0.3 is 0 Å². The highest BCUT2D eigenvalue weighted by molar-refractivity contribution is 6.30. The van der Waals surface area contributed by atoms with Crippen molar-refractivity contribution in [3.8, 4) is 0 Å². The fraction of sp³-hybridized carbons (Fsp3) is 0.333. The van der Waals surface area contributed by atoms with Crippen molar-refractivity contribution in [2.45, 2.75) is 5.60 Å². The minimum atomic E-state index is -1.07. The molecule has 0 radical (unpaired) electrons. The summed E-state index contributed by atoms with van der Waals surface area (Å²) in [6, 6.07) is 4.66. The van der Waals surface area contributed by atoms with Gasteiger partial charge in [-0.05, 0) is 6.07 Å². The van der Waals surface area contributed by atoms with E-state index in [-0.39, 0.29) is 10.6 Å². The van der Waals surface area contributed by atoms with Crippen LogP contribution in [0.15, 0.2) is 18.2 Å². The Kier molecular flexibility index (Phi) is 2.02. The first-order chi connectivity index (χ1) is 6.13. The lowest BCUT2D eigenvalue weighted by Gasteiger charge is -2.38. The Morgan fingerprint density at radius 2 is 2.15 bits per heavy atom. The molecule has 2 nitrogen and oxygen atoms in total. The van der Waals surface area contributed by atoms with E-state index in [2.05, 4.69) is 5.32 Å². The lowest BCUT2D eigenvalue weighted by molar-refractivity contribution is -0.0176. The van der Waals surface area contributed by atoms with E-state index < -0.39 is 11.4 Å². The largest absolute Gasteiger partial charge is 0.382 e. The number of rotatable bonds is 1. The molecule has 2 N–H and O–H groups in total. The lowest BCUT2D eigenvalue weighted by Crippen LogP contribution is -2.57. The number of hydrogen-bond acceptors (Lipinski definition) is 2. The molecule has 0 bridgehead atoms. The fourth-order valence-electron chi connectivity index (χ4n) is 1.42. The minimum Gasteiger partial charge on any atom is -0.382 e. The zero-order valence-electron chi connectivity index (χ0n) is 6.85. The molecule has 1 saturated heterocycles. The van der Waals surface area contributed by atoms with Crippen molar-refractivity contribution in [3.05, 3.63) is 34.6 Å². The van der Waals surface area contributed by atoms with E-state index in [4.69, 9.17) is 11.6 Å². The van der Waals surface area contributed by atoms with Gasteiger partial charge in [0.25, 0.3) is 0 Å². The Morgan fingerprint density at radius 1 is 1.46 bits per heavy atom. The Bertz CT molecular complexity index is 338. The Morgan fingerprint density at radius 3 is 2.69 bits per heavy atom. The third-order valence-corrected chi connectivity index (χ3v) is 2.58. The molecule has 0 spiro atoms. The van der Waals surface area contributed by atoms with Gasteiger partial charge in [-0.25, -0.2) is 4.39 Å². The number of nitrogens with one attached hydrogen (secondary N) is 1. The van der Waals surface area contributed by atoms with Gasteiger partial charge < -0.3 is 10.4 Å². The maximum Gasteiger partial charge on any atom is 0.147 e. The Hall–Kier alpha value is -0.640. The van der Waals surface area contributed by atoms with Crippen LogP contribution in [-0.2, 0) is 5.60 Å². The molecule has 1 aliphatic rings. The quantitative estimate of drug-likeness (QED) is 0.717. The summed E-state index contributed by atoms with van der Waals surface area (Å²) in [6.07, 6.45) is 0. The van der Waals surface area contributed by atoms with Crippen LogP contribution in [0, 0.1) is 5.82 Å². The van der Waals surface area contributed by atoms with E-state index in [1.165, 1.54) is 6.07 Å². The van der Waals surface area contributed by atoms with Gasteiger partial charge in [0.15, 0.2) is 0 Å².